The number of amides is 1. The molecule has 1 aliphatic carbocycles. The Bertz CT molecular complexity index is 1080. The molecule has 3 N–H and O–H groups in total. The molecule has 2 fully saturated rings. The van der Waals surface area contributed by atoms with Gasteiger partial charge in [0.25, 0.3) is 5.91 Å². The van der Waals surface area contributed by atoms with E-state index in [9.17, 15) is 18.0 Å². The third kappa shape index (κ3) is 6.74. The lowest BCUT2D eigenvalue weighted by Gasteiger charge is -2.40. The van der Waals surface area contributed by atoms with Crippen molar-refractivity contribution < 1.29 is 18.0 Å². The Morgan fingerprint density at radius 2 is 1.84 bits per heavy atom. The summed E-state index contributed by atoms with van der Waals surface area (Å²) in [7, 11) is 3.92. The smallest absolute Gasteiger partial charge is 0.367 e. The van der Waals surface area contributed by atoms with E-state index in [0.717, 1.165) is 51.5 Å². The van der Waals surface area contributed by atoms with E-state index in [2.05, 4.69) is 44.8 Å². The number of carbonyl (C=O) groups is 1. The zero-order valence-corrected chi connectivity index (χ0v) is 22.5. The van der Waals surface area contributed by atoms with Crippen molar-refractivity contribution in [2.45, 2.75) is 63.8 Å². The van der Waals surface area contributed by atoms with Gasteiger partial charge in [0.2, 0.25) is 5.95 Å². The molecule has 1 saturated carbocycles. The second-order valence-electron chi connectivity index (χ2n) is 10.5. The van der Waals surface area contributed by atoms with Gasteiger partial charge >= 0.3 is 6.18 Å². The van der Waals surface area contributed by atoms with E-state index >= 15 is 0 Å². The van der Waals surface area contributed by atoms with Gasteiger partial charge in [-0.25, -0.2) is 4.98 Å². The number of carbonyl (C=O) groups excluding carboxylic acids is 1. The third-order valence-corrected chi connectivity index (χ3v) is 7.79. The van der Waals surface area contributed by atoms with Crippen LogP contribution in [0, 0.1) is 5.92 Å². The summed E-state index contributed by atoms with van der Waals surface area (Å²) >= 11 is 0. The molecular formula is C27H38F3N7O. The molecule has 1 aliphatic heterocycles. The van der Waals surface area contributed by atoms with Crippen LogP contribution in [0.4, 0.5) is 30.6 Å². The first-order chi connectivity index (χ1) is 18.0. The molecule has 38 heavy (non-hydrogen) atoms. The number of rotatable bonds is 9. The standard InChI is InChI=1S/C27H38F3N7O/c1-5-31-17(2)19-14-21(15-19)33-24-23(27(28,29)30)16-32-26(35-24)34-20-8-6-18(7-9-20)25(38)37(4)22-10-12-36(3)13-11-22/h6-9,16-17,19,21-22,31H,5,10-15H2,1-4H3,(H2,32,33,34,35). The number of hydrogen-bond donors (Lipinski definition) is 3. The van der Waals surface area contributed by atoms with Crippen LogP contribution in [0.3, 0.4) is 0 Å². The number of piperidine rings is 1. The molecule has 4 rings (SSSR count). The molecule has 0 radical (unpaired) electrons. The van der Waals surface area contributed by atoms with E-state index in [-0.39, 0.29) is 29.8 Å². The van der Waals surface area contributed by atoms with E-state index in [1.807, 2.05) is 14.0 Å². The number of nitrogens with zero attached hydrogens (tertiary/aromatic N) is 4. The van der Waals surface area contributed by atoms with Gasteiger partial charge in [-0.05, 0) is 89.5 Å². The molecule has 8 nitrogen and oxygen atoms in total. The van der Waals surface area contributed by atoms with Crippen molar-refractivity contribution in [1.29, 1.82) is 0 Å². The van der Waals surface area contributed by atoms with Crippen molar-refractivity contribution in [3.63, 3.8) is 0 Å². The Kier molecular flexibility index (Phi) is 8.77. The Labute approximate surface area is 222 Å². The predicted octanol–water partition coefficient (Wildman–Crippen LogP) is 4.59. The van der Waals surface area contributed by atoms with Gasteiger partial charge in [-0.2, -0.15) is 18.2 Å². The summed E-state index contributed by atoms with van der Waals surface area (Å²) in [4.78, 5) is 25.1. The molecule has 0 bridgehead atoms. The number of anilines is 3. The third-order valence-electron chi connectivity index (χ3n) is 7.79. The molecule has 1 unspecified atom stereocenters. The Morgan fingerprint density at radius 1 is 1.18 bits per heavy atom. The fraction of sp³-hybridized carbons (Fsp3) is 0.593. The second kappa shape index (κ2) is 11.9. The van der Waals surface area contributed by atoms with Crippen LogP contribution in [-0.2, 0) is 6.18 Å². The van der Waals surface area contributed by atoms with Gasteiger partial charge in [0.1, 0.15) is 11.4 Å². The predicted molar refractivity (Wildman–Crippen MR) is 143 cm³/mol. The molecule has 1 aromatic carbocycles. The van der Waals surface area contributed by atoms with Crippen molar-refractivity contribution in [2.24, 2.45) is 5.92 Å². The lowest BCUT2D eigenvalue weighted by atomic mass is 9.76. The highest BCUT2D eigenvalue weighted by molar-refractivity contribution is 5.94. The van der Waals surface area contributed by atoms with Gasteiger partial charge in [-0.3, -0.25) is 4.79 Å². The van der Waals surface area contributed by atoms with Gasteiger partial charge in [-0.15, -0.1) is 0 Å². The number of halogens is 3. The lowest BCUT2D eigenvalue weighted by molar-refractivity contribution is -0.137. The van der Waals surface area contributed by atoms with E-state index in [1.165, 1.54) is 0 Å². The Morgan fingerprint density at radius 3 is 2.45 bits per heavy atom. The maximum Gasteiger partial charge on any atom is 0.421 e. The highest BCUT2D eigenvalue weighted by atomic mass is 19.4. The Balaban J connectivity index is 1.41. The van der Waals surface area contributed by atoms with Gasteiger partial charge in [-0.1, -0.05) is 6.92 Å². The quantitative estimate of drug-likeness (QED) is 0.435. The van der Waals surface area contributed by atoms with Crippen LogP contribution in [-0.4, -0.2) is 77.5 Å². The highest BCUT2D eigenvalue weighted by Gasteiger charge is 2.38. The van der Waals surface area contributed by atoms with Crippen molar-refractivity contribution >= 4 is 23.4 Å². The lowest BCUT2D eigenvalue weighted by Crippen LogP contribution is -2.46. The van der Waals surface area contributed by atoms with Crippen LogP contribution in [0.15, 0.2) is 30.5 Å². The van der Waals surface area contributed by atoms with E-state index < -0.39 is 11.7 Å². The molecule has 0 spiro atoms. The van der Waals surface area contributed by atoms with E-state index in [1.54, 1.807) is 29.2 Å². The SMILES string of the molecule is CCNC(C)C1CC(Nc2nc(Nc3ccc(C(=O)N(C)C4CCN(C)CC4)cc3)ncc2C(F)(F)F)C1. The van der Waals surface area contributed by atoms with Crippen molar-refractivity contribution in [1.82, 2.24) is 25.1 Å². The number of likely N-dealkylation sites (tertiary alicyclic amines) is 1. The molecule has 2 heterocycles. The summed E-state index contributed by atoms with van der Waals surface area (Å²) in [6.07, 6.45) is -0.321. The molecule has 1 saturated heterocycles. The van der Waals surface area contributed by atoms with Gasteiger partial charge in [0.15, 0.2) is 0 Å². The number of hydrogen-bond acceptors (Lipinski definition) is 7. The number of alkyl halides is 3. The number of benzene rings is 1. The topological polar surface area (TPSA) is 85.4 Å². The molecule has 2 aromatic rings. The van der Waals surface area contributed by atoms with Crippen molar-refractivity contribution in [3.05, 3.63) is 41.6 Å². The van der Waals surface area contributed by atoms with Crippen LogP contribution in [0.25, 0.3) is 0 Å². The van der Waals surface area contributed by atoms with Gasteiger partial charge in [0, 0.05) is 42.6 Å². The van der Waals surface area contributed by atoms with Crippen LogP contribution in [0.1, 0.15) is 55.5 Å². The fourth-order valence-electron chi connectivity index (χ4n) is 5.21. The monoisotopic (exact) mass is 533 g/mol. The molecule has 208 valence electrons. The van der Waals surface area contributed by atoms with Gasteiger partial charge in [0.05, 0.1) is 0 Å². The van der Waals surface area contributed by atoms with E-state index in [0.29, 0.717) is 23.2 Å². The van der Waals surface area contributed by atoms with E-state index in [4.69, 9.17) is 0 Å². The zero-order valence-electron chi connectivity index (χ0n) is 22.5. The average molecular weight is 534 g/mol. The van der Waals surface area contributed by atoms with Crippen LogP contribution >= 0.6 is 0 Å². The van der Waals surface area contributed by atoms with Gasteiger partial charge < -0.3 is 25.8 Å². The van der Waals surface area contributed by atoms with Crippen molar-refractivity contribution in [2.75, 3.05) is 44.4 Å². The number of aromatic nitrogens is 2. The molecule has 1 amide bonds. The van der Waals surface area contributed by atoms with Crippen LogP contribution in [0.5, 0.6) is 0 Å². The minimum Gasteiger partial charge on any atom is -0.367 e. The first-order valence-corrected chi connectivity index (χ1v) is 13.3. The molecule has 11 heteroatoms. The zero-order chi connectivity index (χ0) is 27.4. The van der Waals surface area contributed by atoms with Crippen LogP contribution < -0.4 is 16.0 Å². The second-order valence-corrected chi connectivity index (χ2v) is 10.5. The minimum absolute atomic E-state index is 0.0503. The largest absolute Gasteiger partial charge is 0.421 e. The van der Waals surface area contributed by atoms with Crippen LogP contribution in [0.2, 0.25) is 0 Å². The molecular weight excluding hydrogens is 495 g/mol. The Hall–Kier alpha value is -2.92. The minimum atomic E-state index is -4.57. The molecule has 1 atom stereocenters. The first-order valence-electron chi connectivity index (χ1n) is 13.3. The summed E-state index contributed by atoms with van der Waals surface area (Å²) in [6, 6.07) is 7.29. The maximum atomic E-state index is 13.6. The maximum absolute atomic E-state index is 13.6. The summed E-state index contributed by atoms with van der Waals surface area (Å²) in [5.74, 6) is 0.201. The average Bonchev–Trinajstić information content (AvgIpc) is 2.85. The molecule has 2 aliphatic rings. The summed E-state index contributed by atoms with van der Waals surface area (Å²) in [6.45, 7) is 6.93. The normalized spacial score (nSPS) is 21.4. The summed E-state index contributed by atoms with van der Waals surface area (Å²) in [5, 5.41) is 9.32. The number of nitrogens with one attached hydrogen (secondary N) is 3. The summed E-state index contributed by atoms with van der Waals surface area (Å²) < 4.78 is 40.9. The first kappa shape index (κ1) is 28.1. The molecule has 1 aromatic heterocycles. The summed E-state index contributed by atoms with van der Waals surface area (Å²) in [5.41, 5.74) is 0.250. The van der Waals surface area contributed by atoms with Crippen molar-refractivity contribution in [3.8, 4) is 0 Å². The fourth-order valence-corrected chi connectivity index (χ4v) is 5.21. The highest BCUT2D eigenvalue weighted by Crippen LogP contribution is 2.38.